The van der Waals surface area contributed by atoms with Crippen LogP contribution in [0.3, 0.4) is 0 Å². The zero-order valence-corrected chi connectivity index (χ0v) is 18.9. The van der Waals surface area contributed by atoms with Gasteiger partial charge in [0.2, 0.25) is 0 Å². The number of aromatic nitrogens is 2. The van der Waals surface area contributed by atoms with Gasteiger partial charge < -0.3 is 0 Å². The molecule has 0 unspecified atom stereocenters. The van der Waals surface area contributed by atoms with E-state index in [1.807, 2.05) is 20.0 Å². The SMILES string of the molecule is CCC[CH2][Sn]([CH2]CCC)([CH2]CCC)[c]1ccnn1CC(C)(C)O. The number of aliphatic hydroxyl groups is 1. The second-order valence-electron chi connectivity index (χ2n) is 7.78. The maximum atomic E-state index is 10.3. The molecule has 0 aliphatic rings. The molecule has 0 aliphatic heterocycles. The van der Waals surface area contributed by atoms with Crippen LogP contribution >= 0.6 is 0 Å². The van der Waals surface area contributed by atoms with Crippen molar-refractivity contribution in [1.82, 2.24) is 9.78 Å². The van der Waals surface area contributed by atoms with E-state index in [-0.39, 0.29) is 0 Å². The first kappa shape index (κ1) is 21.0. The molecule has 0 saturated heterocycles. The minimum absolute atomic E-state index is 0.623. The van der Waals surface area contributed by atoms with Crippen molar-refractivity contribution in [3.63, 3.8) is 0 Å². The summed E-state index contributed by atoms with van der Waals surface area (Å²) in [5.74, 6) is 0. The molecule has 134 valence electrons. The van der Waals surface area contributed by atoms with Gasteiger partial charge in [-0.3, -0.25) is 0 Å². The summed E-state index contributed by atoms with van der Waals surface area (Å²) in [7, 11) is 0. The first-order chi connectivity index (χ1) is 10.9. The van der Waals surface area contributed by atoms with Crippen LogP contribution in [-0.2, 0) is 6.54 Å². The molecule has 0 bridgehead atoms. The third-order valence-electron chi connectivity index (χ3n) is 4.82. The molecule has 0 atom stereocenters. The molecule has 0 aliphatic carbocycles. The van der Waals surface area contributed by atoms with Gasteiger partial charge in [0.05, 0.1) is 0 Å². The Morgan fingerprint density at radius 3 is 1.87 bits per heavy atom. The van der Waals surface area contributed by atoms with Gasteiger partial charge in [-0.05, 0) is 0 Å². The third kappa shape index (κ3) is 6.77. The van der Waals surface area contributed by atoms with Crippen LogP contribution < -0.4 is 3.71 Å². The van der Waals surface area contributed by atoms with Crippen molar-refractivity contribution >= 4 is 22.1 Å². The molecule has 0 spiro atoms. The molecule has 4 heteroatoms. The molecular weight excluding hydrogens is 391 g/mol. The Labute approximate surface area is 147 Å². The quantitative estimate of drug-likeness (QED) is 0.489. The summed E-state index contributed by atoms with van der Waals surface area (Å²) < 4.78 is 8.06. The summed E-state index contributed by atoms with van der Waals surface area (Å²) in [6.45, 7) is 11.3. The van der Waals surface area contributed by atoms with Crippen molar-refractivity contribution in [3.05, 3.63) is 12.3 Å². The predicted molar refractivity (Wildman–Crippen MR) is 103 cm³/mol. The summed E-state index contributed by atoms with van der Waals surface area (Å²) in [5.41, 5.74) is -0.696. The van der Waals surface area contributed by atoms with Gasteiger partial charge in [0.25, 0.3) is 0 Å². The van der Waals surface area contributed by atoms with Crippen LogP contribution in [0, 0.1) is 0 Å². The number of nitrogens with zero attached hydrogens (tertiary/aromatic N) is 2. The Kier molecular flexibility index (Phi) is 9.20. The van der Waals surface area contributed by atoms with Crippen LogP contribution in [0.2, 0.25) is 13.3 Å². The van der Waals surface area contributed by atoms with Crippen LogP contribution in [0.1, 0.15) is 73.1 Å². The van der Waals surface area contributed by atoms with Crippen LogP contribution in [0.25, 0.3) is 0 Å². The first-order valence-electron chi connectivity index (χ1n) is 9.63. The van der Waals surface area contributed by atoms with Gasteiger partial charge in [-0.1, -0.05) is 0 Å². The maximum absolute atomic E-state index is 10.3. The second kappa shape index (κ2) is 10.1. The molecule has 1 aromatic heterocycles. The molecule has 1 rings (SSSR count). The van der Waals surface area contributed by atoms with Crippen LogP contribution in [0.5, 0.6) is 0 Å². The van der Waals surface area contributed by atoms with Gasteiger partial charge in [-0.2, -0.15) is 0 Å². The topological polar surface area (TPSA) is 38.0 Å². The number of rotatable bonds is 12. The predicted octanol–water partition coefficient (Wildman–Crippen LogP) is 4.71. The molecule has 0 amide bonds. The Morgan fingerprint density at radius 2 is 1.48 bits per heavy atom. The Morgan fingerprint density at radius 1 is 1.00 bits per heavy atom. The van der Waals surface area contributed by atoms with Crippen LogP contribution in [0.15, 0.2) is 12.3 Å². The van der Waals surface area contributed by atoms with E-state index >= 15 is 0 Å². The molecule has 1 heterocycles. The van der Waals surface area contributed by atoms with E-state index in [0.29, 0.717) is 6.54 Å². The van der Waals surface area contributed by atoms with Gasteiger partial charge >= 0.3 is 148 Å². The molecule has 0 radical (unpaired) electrons. The normalized spacial score (nSPS) is 12.8. The summed E-state index contributed by atoms with van der Waals surface area (Å²) in [6, 6.07) is 2.29. The van der Waals surface area contributed by atoms with E-state index in [1.54, 1.807) is 3.71 Å². The van der Waals surface area contributed by atoms with Gasteiger partial charge in [-0.15, -0.1) is 0 Å². The molecule has 0 fully saturated rings. The van der Waals surface area contributed by atoms with Crippen molar-refractivity contribution in [2.75, 3.05) is 0 Å². The zero-order chi connectivity index (χ0) is 17.3. The molecule has 1 N–H and O–H groups in total. The summed E-state index contributed by atoms with van der Waals surface area (Å²) in [6.07, 6.45) is 9.91. The van der Waals surface area contributed by atoms with E-state index < -0.39 is 24.0 Å². The van der Waals surface area contributed by atoms with E-state index in [9.17, 15) is 5.11 Å². The van der Waals surface area contributed by atoms with Crippen molar-refractivity contribution in [2.24, 2.45) is 0 Å². The summed E-state index contributed by atoms with van der Waals surface area (Å²) in [5, 5.41) is 14.9. The van der Waals surface area contributed by atoms with Gasteiger partial charge in [0.1, 0.15) is 0 Å². The average Bonchev–Trinajstić information content (AvgIpc) is 2.93. The third-order valence-corrected chi connectivity index (χ3v) is 20.4. The van der Waals surface area contributed by atoms with Gasteiger partial charge in [0, 0.05) is 0 Å². The fourth-order valence-corrected chi connectivity index (χ4v) is 19.9. The minimum atomic E-state index is -2.44. The van der Waals surface area contributed by atoms with Gasteiger partial charge in [0.15, 0.2) is 0 Å². The summed E-state index contributed by atoms with van der Waals surface area (Å²) in [4.78, 5) is 0. The van der Waals surface area contributed by atoms with Crippen molar-refractivity contribution in [1.29, 1.82) is 0 Å². The summed E-state index contributed by atoms with van der Waals surface area (Å²) >= 11 is -2.44. The Balaban J connectivity index is 3.16. The van der Waals surface area contributed by atoms with E-state index in [4.69, 9.17) is 0 Å². The van der Waals surface area contributed by atoms with Crippen LogP contribution in [0.4, 0.5) is 0 Å². The van der Waals surface area contributed by atoms with E-state index in [1.165, 1.54) is 51.8 Å². The number of unbranched alkanes of at least 4 members (excludes halogenated alkanes) is 3. The first-order valence-corrected chi connectivity index (χ1v) is 17.1. The van der Waals surface area contributed by atoms with E-state index in [2.05, 4.69) is 36.6 Å². The van der Waals surface area contributed by atoms with Crippen molar-refractivity contribution < 1.29 is 5.11 Å². The fraction of sp³-hybridized carbons (Fsp3) is 0.842. The average molecular weight is 429 g/mol. The van der Waals surface area contributed by atoms with Crippen LogP contribution in [-0.4, -0.2) is 38.9 Å². The Hall–Kier alpha value is -0.0313. The standard InChI is InChI=1S/C7H11N2O.3C4H9.Sn/c1-7(2,10)6-9-5-3-4-8-9;3*1-3-4-2;/h3-4,10H,6H2,1-2H3;3*1,3-4H2,2H3;. The Bertz CT molecular complexity index is 415. The zero-order valence-electron chi connectivity index (χ0n) is 16.1. The van der Waals surface area contributed by atoms with Gasteiger partial charge in [-0.25, -0.2) is 0 Å². The molecule has 3 nitrogen and oxygen atoms in total. The molecular formula is C19H38N2OSn. The molecule has 1 aromatic rings. The number of hydrogen-bond acceptors (Lipinski definition) is 2. The molecule has 0 saturated carbocycles. The molecule has 23 heavy (non-hydrogen) atoms. The van der Waals surface area contributed by atoms with Crippen molar-refractivity contribution in [3.8, 4) is 0 Å². The second-order valence-corrected chi connectivity index (χ2v) is 20.8. The monoisotopic (exact) mass is 430 g/mol. The fourth-order valence-electron chi connectivity index (χ4n) is 3.58. The van der Waals surface area contributed by atoms with E-state index in [0.717, 1.165) is 0 Å². The molecule has 0 aromatic carbocycles. The van der Waals surface area contributed by atoms with Crippen molar-refractivity contribution in [2.45, 2.75) is 98.6 Å². The number of hydrogen-bond donors (Lipinski definition) is 1.